The normalized spacial score (nSPS) is 12.3. The van der Waals surface area contributed by atoms with Crippen molar-refractivity contribution in [2.45, 2.75) is 32.6 Å². The van der Waals surface area contributed by atoms with Crippen LogP contribution in [0.2, 0.25) is 0 Å². The molecule has 7 heteroatoms. The Hall–Kier alpha value is -1.47. The van der Waals surface area contributed by atoms with Crippen LogP contribution >= 0.6 is 22.7 Å². The number of aryl methyl sites for hydroxylation is 1. The Labute approximate surface area is 125 Å². The second kappa shape index (κ2) is 6.81. The molecular weight excluding hydrogens is 296 g/mol. The molecule has 2 aromatic heterocycles. The number of thiazole rings is 1. The number of hydrogen-bond acceptors (Lipinski definition) is 6. The Morgan fingerprint density at radius 3 is 2.95 bits per heavy atom. The summed E-state index contributed by atoms with van der Waals surface area (Å²) < 4.78 is 0. The van der Waals surface area contributed by atoms with E-state index in [4.69, 9.17) is 0 Å². The Bertz CT molecular complexity index is 566. The van der Waals surface area contributed by atoms with Gasteiger partial charge in [0.25, 0.3) is 5.09 Å². The molecule has 0 radical (unpaired) electrons. The van der Waals surface area contributed by atoms with Crippen molar-refractivity contribution in [1.82, 2.24) is 4.98 Å². The van der Waals surface area contributed by atoms with Crippen LogP contribution < -0.4 is 0 Å². The summed E-state index contributed by atoms with van der Waals surface area (Å²) in [6.45, 7) is 4.18. The van der Waals surface area contributed by atoms with E-state index in [0.717, 1.165) is 22.0 Å². The van der Waals surface area contributed by atoms with Crippen LogP contribution in [-0.4, -0.2) is 16.7 Å². The first kappa shape index (κ1) is 14.9. The van der Waals surface area contributed by atoms with Gasteiger partial charge in [0.2, 0.25) is 0 Å². The highest BCUT2D eigenvalue weighted by molar-refractivity contribution is 7.12. The van der Waals surface area contributed by atoms with E-state index in [9.17, 15) is 10.1 Å². The van der Waals surface area contributed by atoms with Gasteiger partial charge in [0.1, 0.15) is 11.6 Å². The molecule has 0 N–H and O–H groups in total. The van der Waals surface area contributed by atoms with Gasteiger partial charge in [0, 0.05) is 17.2 Å². The summed E-state index contributed by atoms with van der Waals surface area (Å²) in [5.74, 6) is 0.315. The van der Waals surface area contributed by atoms with Gasteiger partial charge in [0.15, 0.2) is 0 Å². The van der Waals surface area contributed by atoms with Crippen LogP contribution in [0.5, 0.6) is 0 Å². The maximum Gasteiger partial charge on any atom is 0.294 e. The second-order valence-corrected chi connectivity index (χ2v) is 6.28. The molecule has 0 fully saturated rings. The van der Waals surface area contributed by atoms with Crippen LogP contribution in [0, 0.1) is 17.0 Å². The second-order valence-electron chi connectivity index (χ2n) is 4.39. The average Bonchev–Trinajstić information content (AvgIpc) is 3.02. The molecule has 1 atom stereocenters. The molecule has 20 heavy (non-hydrogen) atoms. The van der Waals surface area contributed by atoms with Gasteiger partial charge in [0.05, 0.1) is 5.69 Å². The molecule has 0 saturated heterocycles. The zero-order valence-electron chi connectivity index (χ0n) is 11.4. The monoisotopic (exact) mass is 312 g/mol. The summed E-state index contributed by atoms with van der Waals surface area (Å²) in [6.07, 6.45) is 1.53. The third-order valence-corrected chi connectivity index (χ3v) is 5.12. The van der Waals surface area contributed by atoms with E-state index in [2.05, 4.69) is 33.6 Å². The zero-order chi connectivity index (χ0) is 14.5. The lowest BCUT2D eigenvalue weighted by molar-refractivity contribution is -0.757. The quantitative estimate of drug-likeness (QED) is 0.576. The van der Waals surface area contributed by atoms with Crippen LogP contribution in [0.25, 0.3) is 0 Å². The van der Waals surface area contributed by atoms with Gasteiger partial charge in [-0.05, 0) is 35.7 Å². The maximum atomic E-state index is 10.2. The van der Waals surface area contributed by atoms with Crippen molar-refractivity contribution in [3.8, 4) is 0 Å². The highest BCUT2D eigenvalue weighted by Gasteiger charge is 2.18. The Kier molecular flexibility index (Phi) is 5.08. The standard InChI is InChI=1S/C13H16N2O3S2/c1-3-11(10-5-7-19-8-10)13-14-9(2)12(20-13)4-6-18-15(16)17/h5,7-8,11H,3-4,6H2,1-2H3. The van der Waals surface area contributed by atoms with Gasteiger partial charge in [-0.15, -0.1) is 21.5 Å². The number of rotatable bonds is 7. The van der Waals surface area contributed by atoms with Crippen LogP contribution in [0.1, 0.15) is 40.4 Å². The van der Waals surface area contributed by atoms with Crippen molar-refractivity contribution in [2.75, 3.05) is 6.61 Å². The molecule has 0 bridgehead atoms. The molecule has 0 spiro atoms. The highest BCUT2D eigenvalue weighted by atomic mass is 32.1. The lowest BCUT2D eigenvalue weighted by atomic mass is 10.0. The summed E-state index contributed by atoms with van der Waals surface area (Å²) in [6, 6.07) is 2.13. The van der Waals surface area contributed by atoms with E-state index in [1.165, 1.54) is 5.56 Å². The van der Waals surface area contributed by atoms with Gasteiger partial charge in [-0.2, -0.15) is 11.3 Å². The van der Waals surface area contributed by atoms with Crippen molar-refractivity contribution < 1.29 is 9.92 Å². The minimum Gasteiger partial charge on any atom is -0.314 e. The lowest BCUT2D eigenvalue weighted by Gasteiger charge is -2.09. The fourth-order valence-corrected chi connectivity index (χ4v) is 4.04. The molecule has 0 aliphatic rings. The highest BCUT2D eigenvalue weighted by Crippen LogP contribution is 2.33. The number of hydrogen-bond donors (Lipinski definition) is 0. The van der Waals surface area contributed by atoms with Gasteiger partial charge >= 0.3 is 0 Å². The van der Waals surface area contributed by atoms with E-state index in [-0.39, 0.29) is 6.61 Å². The number of nitrogens with zero attached hydrogens (tertiary/aromatic N) is 2. The number of thiophene rings is 1. The molecular formula is C13H16N2O3S2. The molecule has 0 saturated carbocycles. The summed E-state index contributed by atoms with van der Waals surface area (Å²) in [5, 5.41) is 14.7. The Balaban J connectivity index is 2.11. The SMILES string of the molecule is CCC(c1ccsc1)c1nc(C)c(CCO[N+](=O)[O-])s1. The number of aromatic nitrogens is 1. The van der Waals surface area contributed by atoms with E-state index < -0.39 is 5.09 Å². The molecule has 108 valence electrons. The molecule has 2 aromatic rings. The Morgan fingerprint density at radius 1 is 1.55 bits per heavy atom. The van der Waals surface area contributed by atoms with Gasteiger partial charge in [-0.1, -0.05) is 6.92 Å². The van der Waals surface area contributed by atoms with Crippen LogP contribution in [-0.2, 0) is 11.3 Å². The van der Waals surface area contributed by atoms with Crippen molar-refractivity contribution >= 4 is 22.7 Å². The lowest BCUT2D eigenvalue weighted by Crippen LogP contribution is -2.04. The molecule has 5 nitrogen and oxygen atoms in total. The summed E-state index contributed by atoms with van der Waals surface area (Å²) in [4.78, 5) is 20.2. The molecule has 0 aliphatic heterocycles. The predicted molar refractivity (Wildman–Crippen MR) is 80.0 cm³/mol. The van der Waals surface area contributed by atoms with Crippen LogP contribution in [0.4, 0.5) is 0 Å². The van der Waals surface area contributed by atoms with Crippen LogP contribution in [0.15, 0.2) is 16.8 Å². The van der Waals surface area contributed by atoms with Crippen molar-refractivity contribution in [1.29, 1.82) is 0 Å². The smallest absolute Gasteiger partial charge is 0.294 e. The Morgan fingerprint density at radius 2 is 2.35 bits per heavy atom. The maximum absolute atomic E-state index is 10.2. The largest absolute Gasteiger partial charge is 0.314 e. The average molecular weight is 312 g/mol. The van der Waals surface area contributed by atoms with E-state index in [1.54, 1.807) is 22.7 Å². The third-order valence-electron chi connectivity index (χ3n) is 3.09. The molecule has 1 unspecified atom stereocenters. The minimum atomic E-state index is -0.752. The van der Waals surface area contributed by atoms with E-state index in [1.807, 2.05) is 6.92 Å². The zero-order valence-corrected chi connectivity index (χ0v) is 13.0. The first-order valence-electron chi connectivity index (χ1n) is 6.37. The van der Waals surface area contributed by atoms with E-state index >= 15 is 0 Å². The topological polar surface area (TPSA) is 65.3 Å². The van der Waals surface area contributed by atoms with Crippen molar-refractivity contribution in [3.05, 3.63) is 48.1 Å². The fraction of sp³-hybridized carbons (Fsp3) is 0.462. The first-order chi connectivity index (χ1) is 9.61. The minimum absolute atomic E-state index is 0.0880. The molecule has 0 aromatic carbocycles. The predicted octanol–water partition coefficient (Wildman–Crippen LogP) is 3.81. The van der Waals surface area contributed by atoms with E-state index in [0.29, 0.717) is 12.3 Å². The molecule has 0 aliphatic carbocycles. The summed E-state index contributed by atoms with van der Waals surface area (Å²) >= 11 is 3.32. The summed E-state index contributed by atoms with van der Waals surface area (Å²) in [5.41, 5.74) is 2.24. The fourth-order valence-electron chi connectivity index (χ4n) is 2.07. The van der Waals surface area contributed by atoms with Crippen LogP contribution in [0.3, 0.4) is 0 Å². The van der Waals surface area contributed by atoms with Gasteiger partial charge < -0.3 is 4.84 Å². The van der Waals surface area contributed by atoms with Gasteiger partial charge in [-0.3, -0.25) is 0 Å². The molecule has 2 rings (SSSR count). The summed E-state index contributed by atoms with van der Waals surface area (Å²) in [7, 11) is 0. The van der Waals surface area contributed by atoms with Gasteiger partial charge in [-0.25, -0.2) is 4.98 Å². The molecule has 2 heterocycles. The molecule has 0 amide bonds. The van der Waals surface area contributed by atoms with Crippen molar-refractivity contribution in [2.24, 2.45) is 0 Å². The first-order valence-corrected chi connectivity index (χ1v) is 8.13. The van der Waals surface area contributed by atoms with Crippen molar-refractivity contribution in [3.63, 3.8) is 0 Å². The third kappa shape index (κ3) is 3.55.